The summed E-state index contributed by atoms with van der Waals surface area (Å²) in [6.07, 6.45) is 15.5. The number of aryl methyl sites for hydroxylation is 1. The average molecular weight is 507 g/mol. The monoisotopic (exact) mass is 506 g/mol. The van der Waals surface area contributed by atoms with Gasteiger partial charge >= 0.3 is 0 Å². The molecular formula is C29H35FN4O3. The Hall–Kier alpha value is -3.65. The van der Waals surface area contributed by atoms with E-state index in [0.29, 0.717) is 30.8 Å². The highest BCUT2D eigenvalue weighted by Gasteiger charge is 2.51. The van der Waals surface area contributed by atoms with Crippen LogP contribution < -0.4 is 4.74 Å². The molecule has 1 aromatic heterocycles. The van der Waals surface area contributed by atoms with Gasteiger partial charge in [-0.15, -0.1) is 0 Å². The maximum Gasteiger partial charge on any atom is 0.262 e. The van der Waals surface area contributed by atoms with Crippen molar-refractivity contribution in [2.45, 2.75) is 52.2 Å². The first-order valence-electron chi connectivity index (χ1n) is 12.8. The van der Waals surface area contributed by atoms with E-state index >= 15 is 0 Å². The van der Waals surface area contributed by atoms with Gasteiger partial charge in [-0.1, -0.05) is 49.4 Å². The van der Waals surface area contributed by atoms with Gasteiger partial charge in [-0.2, -0.15) is 0 Å². The number of aromatic nitrogens is 2. The molecule has 0 radical (unpaired) electrons. The van der Waals surface area contributed by atoms with Crippen molar-refractivity contribution in [3.8, 4) is 11.4 Å². The molecule has 2 aromatic rings. The molecule has 1 atom stereocenters. The second-order valence-corrected chi connectivity index (χ2v) is 8.86. The van der Waals surface area contributed by atoms with Crippen LogP contribution in [0.2, 0.25) is 0 Å². The molecule has 3 heterocycles. The average Bonchev–Trinajstić information content (AvgIpc) is 3.47. The normalized spacial score (nSPS) is 21.7. The van der Waals surface area contributed by atoms with E-state index in [2.05, 4.69) is 22.3 Å². The van der Waals surface area contributed by atoms with Crippen LogP contribution in [0, 0.1) is 6.92 Å². The van der Waals surface area contributed by atoms with Gasteiger partial charge in [0.05, 0.1) is 30.4 Å². The molecule has 3 aliphatic rings. The molecule has 1 aromatic carbocycles. The van der Waals surface area contributed by atoms with Crippen LogP contribution in [0.15, 0.2) is 83.2 Å². The van der Waals surface area contributed by atoms with Crippen LogP contribution in [0.25, 0.3) is 5.69 Å². The summed E-state index contributed by atoms with van der Waals surface area (Å²) >= 11 is 0. The topological polar surface area (TPSA) is 72.1 Å². The molecule has 2 aliphatic heterocycles. The maximum atomic E-state index is 14.9. The lowest BCUT2D eigenvalue weighted by Gasteiger charge is -2.39. The summed E-state index contributed by atoms with van der Waals surface area (Å²) in [6.45, 7) is 6.18. The number of aliphatic hydroxyl groups excluding tert-OH is 1. The van der Waals surface area contributed by atoms with Gasteiger partial charge in [-0.3, -0.25) is 0 Å². The Kier molecular flexibility index (Phi) is 8.28. The van der Waals surface area contributed by atoms with E-state index < -0.39 is 18.2 Å². The van der Waals surface area contributed by atoms with Crippen LogP contribution in [0.1, 0.15) is 44.4 Å². The predicted octanol–water partition coefficient (Wildman–Crippen LogP) is 5.55. The van der Waals surface area contributed by atoms with Crippen molar-refractivity contribution in [2.75, 3.05) is 20.3 Å². The number of ether oxygens (including phenoxy) is 1. The summed E-state index contributed by atoms with van der Waals surface area (Å²) in [4.78, 5) is 12.0. The molecule has 1 N–H and O–H groups in total. The zero-order chi connectivity index (χ0) is 26.4. The number of benzene rings is 1. The van der Waals surface area contributed by atoms with Crippen LogP contribution in [-0.2, 0) is 11.3 Å². The Bertz CT molecular complexity index is 1270. The lowest BCUT2D eigenvalue weighted by molar-refractivity contribution is -0.101. The fourth-order valence-electron chi connectivity index (χ4n) is 4.84. The molecule has 37 heavy (non-hydrogen) atoms. The number of oxime groups is 1. The van der Waals surface area contributed by atoms with Gasteiger partial charge in [0.15, 0.2) is 5.84 Å². The molecule has 8 heteroatoms. The van der Waals surface area contributed by atoms with Gasteiger partial charge in [-0.25, -0.2) is 9.37 Å². The number of fused-ring (bicyclic) bond motifs is 1. The quantitative estimate of drug-likeness (QED) is 0.556. The first-order valence-corrected chi connectivity index (χ1v) is 12.8. The number of hydrogen-bond acceptors (Lipinski definition) is 6. The Morgan fingerprint density at radius 1 is 1.30 bits per heavy atom. The van der Waals surface area contributed by atoms with Crippen LogP contribution in [0.3, 0.4) is 0 Å². The number of rotatable bonds is 6. The highest BCUT2D eigenvalue weighted by Crippen LogP contribution is 2.41. The second-order valence-electron chi connectivity index (χ2n) is 8.86. The van der Waals surface area contributed by atoms with E-state index in [-0.39, 0.29) is 0 Å². The number of amidine groups is 1. The Morgan fingerprint density at radius 3 is 2.86 bits per heavy atom. The van der Waals surface area contributed by atoms with E-state index in [1.165, 1.54) is 6.08 Å². The molecule has 1 unspecified atom stereocenters. The minimum Gasteiger partial charge on any atom is -0.495 e. The maximum absolute atomic E-state index is 14.9. The highest BCUT2D eigenvalue weighted by atomic mass is 19.1. The largest absolute Gasteiger partial charge is 0.495 e. The van der Waals surface area contributed by atoms with Gasteiger partial charge in [0.1, 0.15) is 18.2 Å². The first kappa shape index (κ1) is 26.4. The summed E-state index contributed by atoms with van der Waals surface area (Å²) in [5, 5.41) is 14.7. The minimum atomic E-state index is -1.34. The Morgan fingerprint density at radius 2 is 2.14 bits per heavy atom. The highest BCUT2D eigenvalue weighted by molar-refractivity contribution is 6.00. The molecule has 196 valence electrons. The first-order chi connectivity index (χ1) is 18.1. The number of allylic oxidation sites excluding steroid dienone is 5. The fourth-order valence-corrected chi connectivity index (χ4v) is 4.84. The van der Waals surface area contributed by atoms with Crippen LogP contribution >= 0.6 is 0 Å². The van der Waals surface area contributed by atoms with E-state index in [1.54, 1.807) is 25.6 Å². The van der Waals surface area contributed by atoms with Crippen molar-refractivity contribution in [3.63, 3.8) is 0 Å². The molecule has 1 fully saturated rings. The van der Waals surface area contributed by atoms with Crippen molar-refractivity contribution in [3.05, 3.63) is 89.3 Å². The molecule has 1 saturated heterocycles. The van der Waals surface area contributed by atoms with E-state index in [1.807, 2.05) is 54.6 Å². The van der Waals surface area contributed by atoms with Crippen molar-refractivity contribution >= 4 is 5.84 Å². The van der Waals surface area contributed by atoms with Gasteiger partial charge in [0, 0.05) is 12.7 Å². The number of halogens is 1. The molecule has 0 saturated carbocycles. The SMILES string of the molecule is CC.COc1cc(C/C=C2\CCCN3C2=NOC3(CO)C2=CCC=CC=C2F)ccc1-n1cnc(C)c1. The van der Waals surface area contributed by atoms with Gasteiger partial charge in [0.25, 0.3) is 5.72 Å². The van der Waals surface area contributed by atoms with E-state index in [4.69, 9.17) is 9.57 Å². The molecule has 0 spiro atoms. The summed E-state index contributed by atoms with van der Waals surface area (Å²) in [5.41, 5.74) is 2.96. The lowest BCUT2D eigenvalue weighted by Crippen LogP contribution is -2.55. The third-order valence-corrected chi connectivity index (χ3v) is 6.64. The van der Waals surface area contributed by atoms with Crippen molar-refractivity contribution in [1.29, 1.82) is 0 Å². The van der Waals surface area contributed by atoms with Crippen molar-refractivity contribution in [1.82, 2.24) is 14.5 Å². The molecule has 0 bridgehead atoms. The lowest BCUT2D eigenvalue weighted by atomic mass is 9.93. The number of nitrogens with zero attached hydrogens (tertiary/aromatic N) is 4. The Labute approximate surface area is 217 Å². The number of hydrogen-bond donors (Lipinski definition) is 1. The van der Waals surface area contributed by atoms with Crippen LogP contribution in [-0.4, -0.2) is 51.4 Å². The van der Waals surface area contributed by atoms with Crippen LogP contribution in [0.5, 0.6) is 5.75 Å². The van der Waals surface area contributed by atoms with Gasteiger partial charge in [0.2, 0.25) is 0 Å². The summed E-state index contributed by atoms with van der Waals surface area (Å²) < 4.78 is 22.5. The third-order valence-electron chi connectivity index (χ3n) is 6.64. The number of imidazole rings is 1. The number of methoxy groups -OCH3 is 1. The summed E-state index contributed by atoms with van der Waals surface area (Å²) in [5.74, 6) is 1.01. The van der Waals surface area contributed by atoms with Gasteiger partial charge in [-0.05, 0) is 62.0 Å². The van der Waals surface area contributed by atoms with E-state index in [0.717, 1.165) is 41.1 Å². The second kappa shape index (κ2) is 11.6. The number of aliphatic hydroxyl groups is 1. The molecule has 1 aliphatic carbocycles. The molecule has 0 amide bonds. The minimum absolute atomic E-state index is 0.320. The predicted molar refractivity (Wildman–Crippen MR) is 143 cm³/mol. The van der Waals surface area contributed by atoms with Gasteiger partial charge < -0.3 is 24.1 Å². The smallest absolute Gasteiger partial charge is 0.262 e. The van der Waals surface area contributed by atoms with Crippen molar-refractivity contribution < 1.29 is 19.1 Å². The van der Waals surface area contributed by atoms with Crippen LogP contribution in [0.4, 0.5) is 4.39 Å². The standard InChI is InChI=1S/C27H29FN4O3.C2H6/c1-19-16-31(18-29-19)24-13-11-20(15-25(24)34-2)10-12-21-7-6-14-32-26(21)30-35-27(32,17-33)22-8-4-3-5-9-23(22)28;1-2/h3,5,8-9,11-13,15-16,18,33H,4,6-7,10,14,17H2,1-2H3;1-2H3/b21-12+;. The van der Waals surface area contributed by atoms with Crippen molar-refractivity contribution in [2.24, 2.45) is 5.16 Å². The van der Waals surface area contributed by atoms with E-state index in [9.17, 15) is 9.50 Å². The number of piperidine rings is 1. The molecular weight excluding hydrogens is 471 g/mol. The Balaban J connectivity index is 0.00000156. The third kappa shape index (κ3) is 5.11. The molecule has 5 rings (SSSR count). The molecule has 7 nitrogen and oxygen atoms in total. The fraction of sp³-hybridized carbons (Fsp3) is 0.379. The zero-order valence-electron chi connectivity index (χ0n) is 21.9. The zero-order valence-corrected chi connectivity index (χ0v) is 21.9. The summed E-state index contributed by atoms with van der Waals surface area (Å²) in [6, 6.07) is 6.12. The summed E-state index contributed by atoms with van der Waals surface area (Å²) in [7, 11) is 1.66.